The second kappa shape index (κ2) is 4.48. The Labute approximate surface area is 99.3 Å². The van der Waals surface area contributed by atoms with Gasteiger partial charge in [0.1, 0.15) is 0 Å². The van der Waals surface area contributed by atoms with E-state index < -0.39 is 5.24 Å². The van der Waals surface area contributed by atoms with E-state index in [9.17, 15) is 4.79 Å². The van der Waals surface area contributed by atoms with Gasteiger partial charge in [0.15, 0.2) is 5.75 Å². The molecule has 0 amide bonds. The lowest BCUT2D eigenvalue weighted by Gasteiger charge is -2.06. The van der Waals surface area contributed by atoms with Crippen molar-refractivity contribution in [3.05, 3.63) is 26.3 Å². The molecule has 13 heavy (non-hydrogen) atoms. The number of carbonyl (C=O) groups is 1. The second-order valence-corrected chi connectivity index (χ2v) is 4.16. The quantitative estimate of drug-likeness (QED) is 0.614. The molecule has 5 heteroatoms. The molecule has 0 aliphatic heterocycles. The van der Waals surface area contributed by atoms with Crippen molar-refractivity contribution >= 4 is 51.0 Å². The van der Waals surface area contributed by atoms with Crippen molar-refractivity contribution in [2.45, 2.75) is 0 Å². The maximum atomic E-state index is 10.8. The number of rotatable bonds is 2. The summed E-state index contributed by atoms with van der Waals surface area (Å²) in [5, 5.41) is -0.138. The first-order valence-electron chi connectivity index (χ1n) is 3.29. The summed E-state index contributed by atoms with van der Waals surface area (Å²) in [6.45, 7) is 0. The number of halogens is 3. The number of carbonyl (C=O) groups excluding carboxylic acids is 1. The Hall–Kier alpha value is -0.000000000000000111. The van der Waals surface area contributed by atoms with Crippen LogP contribution in [0.4, 0.5) is 0 Å². The van der Waals surface area contributed by atoms with Crippen molar-refractivity contribution in [3.63, 3.8) is 0 Å². The molecule has 0 aliphatic carbocycles. The summed E-state index contributed by atoms with van der Waals surface area (Å²) in [5.74, 6) is 0.559. The van der Waals surface area contributed by atoms with Crippen LogP contribution in [-0.4, -0.2) is 12.4 Å². The highest BCUT2D eigenvalue weighted by Crippen LogP contribution is 2.31. The molecule has 70 valence electrons. The minimum Gasteiger partial charge on any atom is -0.494 e. The van der Waals surface area contributed by atoms with Crippen LogP contribution in [0.15, 0.2) is 12.1 Å². The average molecular weight is 331 g/mol. The van der Waals surface area contributed by atoms with Crippen LogP contribution in [0, 0.1) is 3.57 Å². The van der Waals surface area contributed by atoms with Crippen LogP contribution >= 0.6 is 45.8 Å². The van der Waals surface area contributed by atoms with Gasteiger partial charge in [0.2, 0.25) is 0 Å². The highest BCUT2D eigenvalue weighted by molar-refractivity contribution is 14.1. The van der Waals surface area contributed by atoms with Gasteiger partial charge in [0.05, 0.1) is 15.7 Å². The molecule has 0 bridgehead atoms. The summed E-state index contributed by atoms with van der Waals surface area (Å²) >= 11 is 13.2. The van der Waals surface area contributed by atoms with E-state index in [1.54, 1.807) is 6.07 Å². The van der Waals surface area contributed by atoms with E-state index in [-0.39, 0.29) is 0 Å². The summed E-state index contributed by atoms with van der Waals surface area (Å²) in [7, 11) is 1.52. The Balaban J connectivity index is 3.28. The molecule has 0 N–H and O–H groups in total. The molecular formula is C8H5Cl2IO2. The molecule has 1 rings (SSSR count). The Bertz CT molecular complexity index is 329. The van der Waals surface area contributed by atoms with Crippen molar-refractivity contribution in [2.24, 2.45) is 0 Å². The van der Waals surface area contributed by atoms with E-state index in [0.29, 0.717) is 16.3 Å². The molecule has 0 aromatic heterocycles. The van der Waals surface area contributed by atoms with E-state index in [2.05, 4.69) is 0 Å². The van der Waals surface area contributed by atoms with Gasteiger partial charge in [0, 0.05) is 5.56 Å². The SMILES string of the molecule is COc1c(Cl)cc(C(=O)Cl)cc1I. The second-order valence-electron chi connectivity index (χ2n) is 2.25. The fourth-order valence-electron chi connectivity index (χ4n) is 0.868. The number of methoxy groups -OCH3 is 1. The largest absolute Gasteiger partial charge is 0.494 e. The van der Waals surface area contributed by atoms with Crippen LogP contribution in [0.1, 0.15) is 10.4 Å². The van der Waals surface area contributed by atoms with E-state index in [0.717, 1.165) is 3.57 Å². The van der Waals surface area contributed by atoms with Gasteiger partial charge in [-0.05, 0) is 46.3 Å². The Morgan fingerprint density at radius 1 is 1.54 bits per heavy atom. The zero-order valence-electron chi connectivity index (χ0n) is 6.61. The Morgan fingerprint density at radius 3 is 2.54 bits per heavy atom. The fourth-order valence-corrected chi connectivity index (χ4v) is 2.28. The number of benzene rings is 1. The highest BCUT2D eigenvalue weighted by atomic mass is 127. The standard InChI is InChI=1S/C8H5Cl2IO2/c1-13-7-5(9)2-4(8(10)12)3-6(7)11/h2-3H,1H3. The topological polar surface area (TPSA) is 26.3 Å². The van der Waals surface area contributed by atoms with Crippen LogP contribution in [0.5, 0.6) is 5.75 Å². The molecule has 0 unspecified atom stereocenters. The maximum absolute atomic E-state index is 10.8. The summed E-state index contributed by atoms with van der Waals surface area (Å²) in [6, 6.07) is 3.11. The molecule has 0 saturated carbocycles. The van der Waals surface area contributed by atoms with Gasteiger partial charge in [-0.25, -0.2) is 0 Å². The van der Waals surface area contributed by atoms with Gasteiger partial charge < -0.3 is 4.74 Å². The number of ether oxygens (including phenoxy) is 1. The van der Waals surface area contributed by atoms with Crippen LogP contribution in [0.25, 0.3) is 0 Å². The first-order chi connectivity index (χ1) is 6.06. The van der Waals surface area contributed by atoms with Crippen LogP contribution in [0.2, 0.25) is 5.02 Å². The van der Waals surface area contributed by atoms with Gasteiger partial charge in [0.25, 0.3) is 5.24 Å². The molecule has 0 atom stereocenters. The average Bonchev–Trinajstić information content (AvgIpc) is 2.03. The molecule has 0 spiro atoms. The van der Waals surface area contributed by atoms with Crippen molar-refractivity contribution in [1.82, 2.24) is 0 Å². The van der Waals surface area contributed by atoms with Crippen molar-refractivity contribution < 1.29 is 9.53 Å². The number of hydrogen-bond acceptors (Lipinski definition) is 2. The Morgan fingerprint density at radius 2 is 2.15 bits per heavy atom. The van der Waals surface area contributed by atoms with Gasteiger partial charge in [-0.1, -0.05) is 11.6 Å². The third-order valence-corrected chi connectivity index (χ3v) is 2.73. The minimum absolute atomic E-state index is 0.372. The molecule has 0 heterocycles. The van der Waals surface area contributed by atoms with Crippen molar-refractivity contribution in [1.29, 1.82) is 0 Å². The monoisotopic (exact) mass is 330 g/mol. The smallest absolute Gasteiger partial charge is 0.252 e. The van der Waals surface area contributed by atoms with Crippen LogP contribution in [0.3, 0.4) is 0 Å². The summed E-state index contributed by atoms with van der Waals surface area (Å²) in [5.41, 5.74) is 0.372. The van der Waals surface area contributed by atoms with E-state index in [1.807, 2.05) is 22.6 Å². The van der Waals surface area contributed by atoms with E-state index >= 15 is 0 Å². The van der Waals surface area contributed by atoms with Gasteiger partial charge in [-0.3, -0.25) is 4.79 Å². The van der Waals surface area contributed by atoms with E-state index in [4.69, 9.17) is 27.9 Å². The highest BCUT2D eigenvalue weighted by Gasteiger charge is 2.10. The van der Waals surface area contributed by atoms with Crippen molar-refractivity contribution in [2.75, 3.05) is 7.11 Å². The lowest BCUT2D eigenvalue weighted by Crippen LogP contribution is -1.94. The first-order valence-corrected chi connectivity index (χ1v) is 5.12. The normalized spacial score (nSPS) is 9.85. The Kier molecular flexibility index (Phi) is 3.82. The third-order valence-electron chi connectivity index (χ3n) is 1.43. The predicted molar refractivity (Wildman–Crippen MR) is 60.9 cm³/mol. The van der Waals surface area contributed by atoms with E-state index in [1.165, 1.54) is 13.2 Å². The molecule has 0 saturated heterocycles. The number of hydrogen-bond donors (Lipinski definition) is 0. The maximum Gasteiger partial charge on any atom is 0.252 e. The molecule has 1 aromatic rings. The van der Waals surface area contributed by atoms with Crippen LogP contribution in [-0.2, 0) is 0 Å². The van der Waals surface area contributed by atoms with Gasteiger partial charge in [-0.15, -0.1) is 0 Å². The summed E-state index contributed by atoms with van der Waals surface area (Å²) in [4.78, 5) is 10.8. The zero-order chi connectivity index (χ0) is 10.0. The summed E-state index contributed by atoms with van der Waals surface area (Å²) in [6.07, 6.45) is 0. The minimum atomic E-state index is -0.525. The molecule has 0 radical (unpaired) electrons. The van der Waals surface area contributed by atoms with Crippen LogP contribution < -0.4 is 4.74 Å². The molecular weight excluding hydrogens is 326 g/mol. The predicted octanol–water partition coefficient (Wildman–Crippen LogP) is 3.33. The van der Waals surface area contributed by atoms with Crippen molar-refractivity contribution in [3.8, 4) is 5.75 Å². The molecule has 2 nitrogen and oxygen atoms in total. The lowest BCUT2D eigenvalue weighted by atomic mass is 10.2. The van der Waals surface area contributed by atoms with Gasteiger partial charge >= 0.3 is 0 Å². The lowest BCUT2D eigenvalue weighted by molar-refractivity contribution is 0.108. The zero-order valence-corrected chi connectivity index (χ0v) is 10.3. The summed E-state index contributed by atoms with van der Waals surface area (Å²) < 4.78 is 5.78. The molecule has 1 aromatic carbocycles. The first kappa shape index (κ1) is 11.1. The third kappa shape index (κ3) is 2.48. The molecule has 0 aliphatic rings. The fraction of sp³-hybridized carbons (Fsp3) is 0.125. The molecule has 0 fully saturated rings. The van der Waals surface area contributed by atoms with Gasteiger partial charge in [-0.2, -0.15) is 0 Å².